The van der Waals surface area contributed by atoms with Crippen molar-refractivity contribution >= 4 is 17.2 Å². The molecule has 24 heavy (non-hydrogen) atoms. The Hall–Kier alpha value is -1.63. The van der Waals surface area contributed by atoms with E-state index in [4.69, 9.17) is 9.15 Å². The average Bonchev–Trinajstić information content (AvgIpc) is 3.28. The molecule has 1 N–H and O–H groups in total. The van der Waals surface area contributed by atoms with Gasteiger partial charge in [0, 0.05) is 37.7 Å². The summed E-state index contributed by atoms with van der Waals surface area (Å²) in [6.07, 6.45) is 3.56. The molecule has 1 spiro atoms. The van der Waals surface area contributed by atoms with Crippen LogP contribution in [0, 0.1) is 5.92 Å². The molecule has 5 nitrogen and oxygen atoms in total. The summed E-state index contributed by atoms with van der Waals surface area (Å²) < 4.78 is 11.2. The lowest BCUT2D eigenvalue weighted by molar-refractivity contribution is -0.136. The van der Waals surface area contributed by atoms with Gasteiger partial charge in [-0.1, -0.05) is 6.07 Å². The topological polar surface area (TPSA) is 54.7 Å². The van der Waals surface area contributed by atoms with Crippen LogP contribution in [-0.4, -0.2) is 42.6 Å². The van der Waals surface area contributed by atoms with E-state index in [0.29, 0.717) is 18.2 Å². The number of rotatable bonds is 6. The number of hydrogen-bond donors (Lipinski definition) is 1. The third-order valence-electron chi connectivity index (χ3n) is 5.07. The van der Waals surface area contributed by atoms with Gasteiger partial charge in [0.2, 0.25) is 0 Å². The van der Waals surface area contributed by atoms with E-state index in [1.807, 2.05) is 11.3 Å². The summed E-state index contributed by atoms with van der Waals surface area (Å²) in [5.74, 6) is 0.757. The van der Waals surface area contributed by atoms with Gasteiger partial charge in [-0.3, -0.25) is 9.69 Å². The Kier molecular flexibility index (Phi) is 4.43. The van der Waals surface area contributed by atoms with Crippen molar-refractivity contribution in [1.29, 1.82) is 0 Å². The van der Waals surface area contributed by atoms with Crippen molar-refractivity contribution in [2.75, 3.05) is 26.2 Å². The number of hydrogen-bond acceptors (Lipinski definition) is 5. The number of furan rings is 1. The van der Waals surface area contributed by atoms with Crippen LogP contribution in [0.3, 0.4) is 0 Å². The Morgan fingerprint density at radius 1 is 1.38 bits per heavy atom. The van der Waals surface area contributed by atoms with Crippen molar-refractivity contribution in [3.63, 3.8) is 0 Å². The predicted octanol–water partition coefficient (Wildman–Crippen LogP) is 2.75. The standard InChI is InChI=1S/C18H22N2O3S/c21-17(16-4-1-8-22-16)19-7-5-14-6-9-23-18(14)12-20(13-18)11-15-3-2-10-24-15/h1-4,8,10,14H,5-7,9,11-13H2,(H,19,21). The first-order chi connectivity index (χ1) is 11.8. The van der Waals surface area contributed by atoms with E-state index in [1.165, 1.54) is 11.1 Å². The Morgan fingerprint density at radius 3 is 3.04 bits per heavy atom. The zero-order chi connectivity index (χ0) is 16.4. The first kappa shape index (κ1) is 15.9. The van der Waals surface area contributed by atoms with Gasteiger partial charge in [0.15, 0.2) is 5.76 Å². The highest BCUT2D eigenvalue weighted by Gasteiger charge is 2.52. The molecule has 0 saturated carbocycles. The summed E-state index contributed by atoms with van der Waals surface area (Å²) in [7, 11) is 0. The maximum atomic E-state index is 11.9. The predicted molar refractivity (Wildman–Crippen MR) is 92.0 cm³/mol. The van der Waals surface area contributed by atoms with Gasteiger partial charge < -0.3 is 14.5 Å². The molecule has 2 fully saturated rings. The number of nitrogens with zero attached hydrogens (tertiary/aromatic N) is 1. The van der Waals surface area contributed by atoms with Crippen LogP contribution in [0.25, 0.3) is 0 Å². The van der Waals surface area contributed by atoms with E-state index >= 15 is 0 Å². The molecule has 2 aliphatic heterocycles. The van der Waals surface area contributed by atoms with Crippen molar-refractivity contribution in [3.8, 4) is 0 Å². The second-order valence-electron chi connectivity index (χ2n) is 6.65. The number of carbonyl (C=O) groups excluding carboxylic acids is 1. The average molecular weight is 346 g/mol. The first-order valence-electron chi connectivity index (χ1n) is 8.46. The van der Waals surface area contributed by atoms with Gasteiger partial charge in [-0.2, -0.15) is 0 Å². The zero-order valence-electron chi connectivity index (χ0n) is 13.6. The third-order valence-corrected chi connectivity index (χ3v) is 5.93. The van der Waals surface area contributed by atoms with E-state index in [9.17, 15) is 4.79 Å². The summed E-state index contributed by atoms with van der Waals surface area (Å²) in [6, 6.07) is 7.70. The quantitative estimate of drug-likeness (QED) is 0.874. The molecule has 2 aromatic rings. The minimum absolute atomic E-state index is 0.00662. The second kappa shape index (κ2) is 6.70. The highest BCUT2D eigenvalue weighted by molar-refractivity contribution is 7.09. The van der Waals surface area contributed by atoms with Crippen LogP contribution in [0.4, 0.5) is 0 Å². The lowest BCUT2D eigenvalue weighted by atomic mass is 9.79. The van der Waals surface area contributed by atoms with Crippen LogP contribution in [-0.2, 0) is 11.3 Å². The van der Waals surface area contributed by atoms with E-state index in [-0.39, 0.29) is 11.5 Å². The molecule has 2 aromatic heterocycles. The molecule has 0 aliphatic carbocycles. The van der Waals surface area contributed by atoms with E-state index in [0.717, 1.165) is 39.1 Å². The fraction of sp³-hybridized carbons (Fsp3) is 0.500. The molecule has 2 aliphatic rings. The van der Waals surface area contributed by atoms with Gasteiger partial charge in [0.25, 0.3) is 5.91 Å². The van der Waals surface area contributed by atoms with Crippen LogP contribution in [0.5, 0.6) is 0 Å². The molecule has 4 rings (SSSR count). The number of carbonyl (C=O) groups is 1. The smallest absolute Gasteiger partial charge is 0.286 e. The van der Waals surface area contributed by atoms with E-state index in [2.05, 4.69) is 27.7 Å². The number of likely N-dealkylation sites (tertiary alicyclic amines) is 1. The molecule has 128 valence electrons. The van der Waals surface area contributed by atoms with Crippen molar-refractivity contribution in [3.05, 3.63) is 46.5 Å². The number of amides is 1. The van der Waals surface area contributed by atoms with Gasteiger partial charge in [-0.15, -0.1) is 11.3 Å². The first-order valence-corrected chi connectivity index (χ1v) is 9.33. The van der Waals surface area contributed by atoms with E-state index < -0.39 is 0 Å². The third kappa shape index (κ3) is 3.14. The molecular formula is C18H22N2O3S. The van der Waals surface area contributed by atoms with Gasteiger partial charge in [0.1, 0.15) is 0 Å². The monoisotopic (exact) mass is 346 g/mol. The summed E-state index contributed by atoms with van der Waals surface area (Å²) >= 11 is 1.81. The van der Waals surface area contributed by atoms with Crippen molar-refractivity contribution in [2.24, 2.45) is 5.92 Å². The number of thiophene rings is 1. The Labute approximate surface area is 145 Å². The molecule has 0 bridgehead atoms. The van der Waals surface area contributed by atoms with Crippen molar-refractivity contribution < 1.29 is 13.9 Å². The van der Waals surface area contributed by atoms with E-state index in [1.54, 1.807) is 12.1 Å². The Bertz CT molecular complexity index is 663. The van der Waals surface area contributed by atoms with Crippen LogP contribution < -0.4 is 5.32 Å². The van der Waals surface area contributed by atoms with Crippen LogP contribution in [0.1, 0.15) is 28.3 Å². The molecule has 4 heterocycles. The summed E-state index contributed by atoms with van der Waals surface area (Å²) in [5.41, 5.74) is 0.00662. The van der Waals surface area contributed by atoms with Crippen molar-refractivity contribution in [2.45, 2.75) is 25.0 Å². The fourth-order valence-corrected chi connectivity index (χ4v) is 4.59. The minimum atomic E-state index is -0.138. The maximum absolute atomic E-state index is 11.9. The molecule has 6 heteroatoms. The van der Waals surface area contributed by atoms with Gasteiger partial charge in [0.05, 0.1) is 11.9 Å². The SMILES string of the molecule is O=C(NCCC1CCOC12CN(Cc1cccs1)C2)c1ccco1. The molecule has 1 amide bonds. The van der Waals surface area contributed by atoms with Crippen LogP contribution in [0.2, 0.25) is 0 Å². The van der Waals surface area contributed by atoms with Gasteiger partial charge in [-0.05, 0) is 42.3 Å². The lowest BCUT2D eigenvalue weighted by Gasteiger charge is -2.50. The summed E-state index contributed by atoms with van der Waals surface area (Å²) in [6.45, 7) is 4.53. The van der Waals surface area contributed by atoms with Crippen molar-refractivity contribution in [1.82, 2.24) is 10.2 Å². The summed E-state index contributed by atoms with van der Waals surface area (Å²) in [5, 5.41) is 5.07. The van der Waals surface area contributed by atoms with Crippen LogP contribution >= 0.6 is 11.3 Å². The highest BCUT2D eigenvalue weighted by atomic mass is 32.1. The lowest BCUT2D eigenvalue weighted by Crippen LogP contribution is -2.64. The Balaban J connectivity index is 1.25. The molecule has 1 unspecified atom stereocenters. The van der Waals surface area contributed by atoms with Gasteiger partial charge >= 0.3 is 0 Å². The molecular weight excluding hydrogens is 324 g/mol. The molecule has 2 saturated heterocycles. The normalized spacial score (nSPS) is 22.6. The maximum Gasteiger partial charge on any atom is 0.286 e. The largest absolute Gasteiger partial charge is 0.459 e. The number of nitrogens with one attached hydrogen (secondary N) is 1. The fourth-order valence-electron chi connectivity index (χ4n) is 3.84. The Morgan fingerprint density at radius 2 is 2.29 bits per heavy atom. The zero-order valence-corrected chi connectivity index (χ0v) is 14.4. The highest BCUT2D eigenvalue weighted by Crippen LogP contribution is 2.42. The summed E-state index contributed by atoms with van der Waals surface area (Å²) in [4.78, 5) is 15.8. The minimum Gasteiger partial charge on any atom is -0.459 e. The molecule has 1 atom stereocenters. The van der Waals surface area contributed by atoms with Gasteiger partial charge in [-0.25, -0.2) is 0 Å². The van der Waals surface area contributed by atoms with Crippen LogP contribution in [0.15, 0.2) is 40.3 Å². The molecule has 0 aromatic carbocycles. The second-order valence-corrected chi connectivity index (χ2v) is 7.68. The molecule has 0 radical (unpaired) electrons. The number of ether oxygens (including phenoxy) is 1.